The molecule has 0 heterocycles. The minimum absolute atomic E-state index is 0.0457. The second-order valence-electron chi connectivity index (χ2n) is 6.24. The van der Waals surface area contributed by atoms with Gasteiger partial charge < -0.3 is 20.1 Å². The Morgan fingerprint density at radius 3 is 2.35 bits per heavy atom. The molecule has 8 heteroatoms. The molecule has 0 saturated heterocycles. The number of anilines is 2. The van der Waals surface area contributed by atoms with E-state index in [1.54, 1.807) is 54.6 Å². The van der Waals surface area contributed by atoms with Gasteiger partial charge >= 0.3 is 0 Å². The van der Waals surface area contributed by atoms with Crippen LogP contribution in [0.15, 0.2) is 72.8 Å². The molecule has 0 radical (unpaired) electrons. The van der Waals surface area contributed by atoms with Gasteiger partial charge in [-0.1, -0.05) is 24.3 Å². The standard InChI is InChI=1S/C23H18FN3O4/c24-19-6-2-3-7-20(19)27-22(28)15-31-21-8-4-1-5-18(21)23(29)26-16-9-11-17(12-10-16)30-14-13-25/h1-12H,14-15H2,(H,26,29)(H,27,28). The van der Waals surface area contributed by atoms with E-state index < -0.39 is 24.2 Å². The predicted octanol–water partition coefficient (Wildman–Crippen LogP) is 4.00. The van der Waals surface area contributed by atoms with Gasteiger partial charge in [-0.25, -0.2) is 4.39 Å². The number of benzene rings is 3. The Balaban J connectivity index is 1.61. The molecular formula is C23H18FN3O4. The van der Waals surface area contributed by atoms with E-state index in [0.717, 1.165) is 0 Å². The molecule has 0 saturated carbocycles. The minimum atomic E-state index is -0.562. The van der Waals surface area contributed by atoms with Gasteiger partial charge in [0.1, 0.15) is 23.4 Å². The molecular weight excluding hydrogens is 401 g/mol. The number of carbonyl (C=O) groups excluding carboxylic acids is 2. The van der Waals surface area contributed by atoms with Crippen LogP contribution in [0.4, 0.5) is 15.8 Å². The van der Waals surface area contributed by atoms with E-state index in [1.165, 1.54) is 18.2 Å². The number of nitriles is 1. The fourth-order valence-corrected chi connectivity index (χ4v) is 2.62. The predicted molar refractivity (Wildman–Crippen MR) is 112 cm³/mol. The highest BCUT2D eigenvalue weighted by molar-refractivity contribution is 6.06. The van der Waals surface area contributed by atoms with E-state index in [1.807, 2.05) is 6.07 Å². The molecule has 0 aromatic heterocycles. The lowest BCUT2D eigenvalue weighted by molar-refractivity contribution is -0.118. The quantitative estimate of drug-likeness (QED) is 0.575. The highest BCUT2D eigenvalue weighted by atomic mass is 19.1. The van der Waals surface area contributed by atoms with E-state index in [0.29, 0.717) is 11.4 Å². The first-order valence-corrected chi connectivity index (χ1v) is 9.24. The van der Waals surface area contributed by atoms with Crippen molar-refractivity contribution < 1.29 is 23.5 Å². The summed E-state index contributed by atoms with van der Waals surface area (Å²) in [5, 5.41) is 13.7. The number of ether oxygens (including phenoxy) is 2. The van der Waals surface area contributed by atoms with Gasteiger partial charge in [-0.3, -0.25) is 9.59 Å². The second kappa shape index (κ2) is 10.4. The number of rotatable bonds is 8. The Bertz CT molecular complexity index is 1110. The molecule has 0 atom stereocenters. The van der Waals surface area contributed by atoms with Gasteiger partial charge in [0.2, 0.25) is 0 Å². The van der Waals surface area contributed by atoms with Gasteiger partial charge in [0.15, 0.2) is 13.2 Å². The summed E-state index contributed by atoms with van der Waals surface area (Å²) >= 11 is 0. The van der Waals surface area contributed by atoms with Gasteiger partial charge in [-0.2, -0.15) is 5.26 Å². The third kappa shape index (κ3) is 6.05. The molecule has 0 fully saturated rings. The summed E-state index contributed by atoms with van der Waals surface area (Å²) in [6.45, 7) is -0.468. The molecule has 156 valence electrons. The molecule has 3 aromatic rings. The molecule has 0 unspecified atom stereocenters. The summed E-state index contributed by atoms with van der Waals surface area (Å²) in [7, 11) is 0. The van der Waals surface area contributed by atoms with Crippen LogP contribution in [-0.4, -0.2) is 25.0 Å². The summed E-state index contributed by atoms with van der Waals surface area (Å²) in [6.07, 6.45) is 0. The number of nitrogens with one attached hydrogen (secondary N) is 2. The van der Waals surface area contributed by atoms with Crippen molar-refractivity contribution in [3.05, 3.63) is 84.2 Å². The fraction of sp³-hybridized carbons (Fsp3) is 0.0870. The molecule has 0 aliphatic heterocycles. The smallest absolute Gasteiger partial charge is 0.262 e. The molecule has 0 spiro atoms. The molecule has 3 aromatic carbocycles. The van der Waals surface area contributed by atoms with E-state index in [4.69, 9.17) is 14.7 Å². The number of amides is 2. The summed E-state index contributed by atoms with van der Waals surface area (Å²) in [6, 6.07) is 20.6. The fourth-order valence-electron chi connectivity index (χ4n) is 2.62. The van der Waals surface area contributed by atoms with E-state index >= 15 is 0 Å². The first kappa shape index (κ1) is 21.3. The molecule has 2 N–H and O–H groups in total. The van der Waals surface area contributed by atoms with Crippen molar-refractivity contribution in [1.82, 2.24) is 0 Å². The lowest BCUT2D eigenvalue weighted by Gasteiger charge is -2.12. The van der Waals surface area contributed by atoms with Gasteiger partial charge in [-0.05, 0) is 48.5 Å². The van der Waals surface area contributed by atoms with Crippen molar-refractivity contribution in [1.29, 1.82) is 5.26 Å². The lowest BCUT2D eigenvalue weighted by Crippen LogP contribution is -2.22. The maximum absolute atomic E-state index is 13.6. The average molecular weight is 419 g/mol. The Labute approximate surface area is 178 Å². The Kier molecular flexibility index (Phi) is 7.16. The van der Waals surface area contributed by atoms with Crippen LogP contribution in [0.3, 0.4) is 0 Å². The van der Waals surface area contributed by atoms with Crippen molar-refractivity contribution in [3.8, 4) is 17.6 Å². The summed E-state index contributed by atoms with van der Waals surface area (Å²) in [4.78, 5) is 24.7. The van der Waals surface area contributed by atoms with Crippen molar-refractivity contribution in [2.75, 3.05) is 23.8 Å². The Morgan fingerprint density at radius 2 is 1.61 bits per heavy atom. The van der Waals surface area contributed by atoms with Gasteiger partial charge in [-0.15, -0.1) is 0 Å². The number of halogens is 1. The third-order valence-corrected chi connectivity index (χ3v) is 4.05. The minimum Gasteiger partial charge on any atom is -0.483 e. The number of carbonyl (C=O) groups is 2. The van der Waals surface area contributed by atoms with Crippen molar-refractivity contribution in [2.45, 2.75) is 0 Å². The van der Waals surface area contributed by atoms with E-state index in [9.17, 15) is 14.0 Å². The molecule has 3 rings (SSSR count). The third-order valence-electron chi connectivity index (χ3n) is 4.05. The van der Waals surface area contributed by atoms with Crippen LogP contribution in [0.5, 0.6) is 11.5 Å². The zero-order valence-electron chi connectivity index (χ0n) is 16.3. The first-order valence-electron chi connectivity index (χ1n) is 9.24. The lowest BCUT2D eigenvalue weighted by atomic mass is 10.2. The van der Waals surface area contributed by atoms with Crippen LogP contribution >= 0.6 is 0 Å². The number of para-hydroxylation sites is 2. The SMILES string of the molecule is N#CCOc1ccc(NC(=O)c2ccccc2OCC(=O)Nc2ccccc2F)cc1. The highest BCUT2D eigenvalue weighted by Gasteiger charge is 2.14. The monoisotopic (exact) mass is 419 g/mol. The van der Waals surface area contributed by atoms with Crippen LogP contribution < -0.4 is 20.1 Å². The van der Waals surface area contributed by atoms with E-state index in [2.05, 4.69) is 10.6 Å². The van der Waals surface area contributed by atoms with Crippen LogP contribution in [0.2, 0.25) is 0 Å². The summed E-state index contributed by atoms with van der Waals surface area (Å²) in [5.41, 5.74) is 0.789. The highest BCUT2D eigenvalue weighted by Crippen LogP contribution is 2.21. The number of nitrogens with zero attached hydrogens (tertiary/aromatic N) is 1. The molecule has 0 bridgehead atoms. The van der Waals surface area contributed by atoms with Gasteiger partial charge in [0.05, 0.1) is 11.3 Å². The average Bonchev–Trinajstić information content (AvgIpc) is 2.79. The van der Waals surface area contributed by atoms with Crippen LogP contribution in [0.1, 0.15) is 10.4 Å². The maximum Gasteiger partial charge on any atom is 0.262 e. The number of hydrogen-bond donors (Lipinski definition) is 2. The molecule has 2 amide bonds. The number of hydrogen-bond acceptors (Lipinski definition) is 5. The van der Waals surface area contributed by atoms with Crippen LogP contribution in [0.25, 0.3) is 0 Å². The summed E-state index contributed by atoms with van der Waals surface area (Å²) < 4.78 is 24.3. The Morgan fingerprint density at radius 1 is 0.903 bits per heavy atom. The molecule has 31 heavy (non-hydrogen) atoms. The van der Waals surface area contributed by atoms with Crippen LogP contribution in [0, 0.1) is 17.1 Å². The zero-order chi connectivity index (χ0) is 22.1. The maximum atomic E-state index is 13.6. The molecule has 0 aliphatic rings. The topological polar surface area (TPSA) is 100 Å². The normalized spacial score (nSPS) is 9.94. The van der Waals surface area contributed by atoms with Crippen molar-refractivity contribution in [3.63, 3.8) is 0 Å². The zero-order valence-corrected chi connectivity index (χ0v) is 16.3. The first-order chi connectivity index (χ1) is 15.1. The van der Waals surface area contributed by atoms with Crippen LogP contribution in [-0.2, 0) is 4.79 Å². The van der Waals surface area contributed by atoms with Gasteiger partial charge in [0.25, 0.3) is 11.8 Å². The van der Waals surface area contributed by atoms with Gasteiger partial charge in [0, 0.05) is 5.69 Å². The van der Waals surface area contributed by atoms with E-state index in [-0.39, 0.29) is 23.6 Å². The van der Waals surface area contributed by atoms with Crippen molar-refractivity contribution >= 4 is 23.2 Å². The molecule has 7 nitrogen and oxygen atoms in total. The Hall–Kier alpha value is -4.38. The van der Waals surface area contributed by atoms with Crippen molar-refractivity contribution in [2.24, 2.45) is 0 Å². The molecule has 0 aliphatic carbocycles. The largest absolute Gasteiger partial charge is 0.483 e. The summed E-state index contributed by atoms with van der Waals surface area (Å²) in [5.74, 6) is -0.842. The second-order valence-corrected chi connectivity index (χ2v) is 6.24.